The van der Waals surface area contributed by atoms with Crippen LogP contribution in [0.4, 0.5) is 0 Å². The maximum absolute atomic E-state index is 11.9. The molecule has 1 saturated heterocycles. The lowest BCUT2D eigenvalue weighted by atomic mass is 10.2. The zero-order valence-electron chi connectivity index (χ0n) is 11.2. The third-order valence-corrected chi connectivity index (χ3v) is 3.69. The van der Waals surface area contributed by atoms with E-state index in [4.69, 9.17) is 0 Å². The van der Waals surface area contributed by atoms with E-state index in [1.165, 1.54) is 0 Å². The van der Waals surface area contributed by atoms with Crippen molar-refractivity contribution >= 4 is 16.9 Å². The molecular weight excluding hydrogens is 256 g/mol. The number of rotatable bonds is 4. The molecule has 3 N–H and O–H groups in total. The maximum atomic E-state index is 11.9. The first-order valence-electron chi connectivity index (χ1n) is 6.94. The highest BCUT2D eigenvalue weighted by molar-refractivity contribution is 5.82. The number of nitrogens with one attached hydrogen (secondary N) is 3. The van der Waals surface area contributed by atoms with Gasteiger partial charge in [-0.1, -0.05) is 12.1 Å². The number of fused-ring (bicyclic) bond motifs is 1. The lowest BCUT2D eigenvalue weighted by molar-refractivity contribution is -0.122. The van der Waals surface area contributed by atoms with Crippen molar-refractivity contribution in [2.75, 3.05) is 13.1 Å². The van der Waals surface area contributed by atoms with Gasteiger partial charge in [0.05, 0.1) is 17.1 Å². The summed E-state index contributed by atoms with van der Waals surface area (Å²) in [4.78, 5) is 26.5. The van der Waals surface area contributed by atoms with Gasteiger partial charge in [-0.3, -0.25) is 9.36 Å². The molecular formula is C14H18N4O2. The number of hydrogen-bond acceptors (Lipinski definition) is 3. The van der Waals surface area contributed by atoms with E-state index in [-0.39, 0.29) is 17.6 Å². The van der Waals surface area contributed by atoms with Crippen LogP contribution in [0.3, 0.4) is 0 Å². The zero-order chi connectivity index (χ0) is 13.9. The van der Waals surface area contributed by atoms with E-state index in [1.54, 1.807) is 4.57 Å². The molecule has 1 aliphatic rings. The minimum absolute atomic E-state index is 0.0235. The Morgan fingerprint density at radius 2 is 2.25 bits per heavy atom. The molecule has 20 heavy (non-hydrogen) atoms. The van der Waals surface area contributed by atoms with Gasteiger partial charge in [0.1, 0.15) is 0 Å². The lowest BCUT2D eigenvalue weighted by Gasteiger charge is -2.11. The molecule has 1 fully saturated rings. The van der Waals surface area contributed by atoms with Gasteiger partial charge in [-0.05, 0) is 31.5 Å². The molecule has 3 rings (SSSR count). The average Bonchev–Trinajstić information content (AvgIpc) is 3.07. The number of nitrogens with zero attached hydrogens (tertiary/aromatic N) is 1. The van der Waals surface area contributed by atoms with Crippen molar-refractivity contribution in [3.63, 3.8) is 0 Å². The van der Waals surface area contributed by atoms with Gasteiger partial charge < -0.3 is 15.6 Å². The molecule has 0 spiro atoms. The molecule has 2 aromatic rings. The van der Waals surface area contributed by atoms with E-state index in [0.29, 0.717) is 13.1 Å². The highest BCUT2D eigenvalue weighted by Gasteiger charge is 2.21. The number of hydrogen-bond donors (Lipinski definition) is 3. The smallest absolute Gasteiger partial charge is 0.326 e. The first-order chi connectivity index (χ1) is 9.75. The van der Waals surface area contributed by atoms with Crippen LogP contribution in [0, 0.1) is 0 Å². The summed E-state index contributed by atoms with van der Waals surface area (Å²) in [6.07, 6.45) is 1.93. The minimum atomic E-state index is -0.139. The van der Waals surface area contributed by atoms with Gasteiger partial charge >= 0.3 is 5.69 Å². The Kier molecular flexibility index (Phi) is 3.56. The molecule has 1 aliphatic heterocycles. The molecule has 0 bridgehead atoms. The number of imidazole rings is 1. The van der Waals surface area contributed by atoms with E-state index in [2.05, 4.69) is 15.6 Å². The molecule has 1 aromatic carbocycles. The van der Waals surface area contributed by atoms with E-state index in [9.17, 15) is 9.59 Å². The van der Waals surface area contributed by atoms with E-state index in [1.807, 2.05) is 24.3 Å². The Labute approximate surface area is 116 Å². The number of amides is 1. The van der Waals surface area contributed by atoms with Crippen molar-refractivity contribution in [3.05, 3.63) is 34.7 Å². The summed E-state index contributed by atoms with van der Waals surface area (Å²) < 4.78 is 1.65. The van der Waals surface area contributed by atoms with Crippen LogP contribution in [0.5, 0.6) is 0 Å². The molecule has 2 heterocycles. The second kappa shape index (κ2) is 5.50. The fourth-order valence-corrected chi connectivity index (χ4v) is 2.65. The van der Waals surface area contributed by atoms with Crippen molar-refractivity contribution in [2.24, 2.45) is 0 Å². The first-order valence-corrected chi connectivity index (χ1v) is 6.94. The lowest BCUT2D eigenvalue weighted by Crippen LogP contribution is -2.41. The molecule has 6 heteroatoms. The first kappa shape index (κ1) is 12.9. The highest BCUT2D eigenvalue weighted by Crippen LogP contribution is 2.08. The molecule has 1 atom stereocenters. The van der Waals surface area contributed by atoms with Gasteiger partial charge in [0, 0.05) is 13.1 Å². The second-order valence-electron chi connectivity index (χ2n) is 5.04. The predicted octanol–water partition coefficient (Wildman–Crippen LogP) is 0.198. The number of carbonyl (C=O) groups excluding carboxylic acids is 1. The van der Waals surface area contributed by atoms with Crippen LogP contribution in [0.2, 0.25) is 0 Å². The largest absolute Gasteiger partial charge is 0.353 e. The fourth-order valence-electron chi connectivity index (χ4n) is 2.65. The number of para-hydroxylation sites is 2. The van der Waals surface area contributed by atoms with Crippen LogP contribution in [0.25, 0.3) is 11.0 Å². The summed E-state index contributed by atoms with van der Waals surface area (Å²) in [5.74, 6) is 0.0235. The monoisotopic (exact) mass is 274 g/mol. The van der Waals surface area contributed by atoms with Crippen molar-refractivity contribution in [3.8, 4) is 0 Å². The van der Waals surface area contributed by atoms with Crippen molar-refractivity contribution < 1.29 is 4.79 Å². The van der Waals surface area contributed by atoms with Crippen LogP contribution < -0.4 is 16.3 Å². The number of aromatic nitrogens is 2. The summed E-state index contributed by atoms with van der Waals surface area (Å²) >= 11 is 0. The van der Waals surface area contributed by atoms with Crippen LogP contribution in [-0.4, -0.2) is 34.6 Å². The Bertz CT molecular complexity index is 667. The average molecular weight is 274 g/mol. The third kappa shape index (κ3) is 2.46. The minimum Gasteiger partial charge on any atom is -0.353 e. The maximum Gasteiger partial charge on any atom is 0.326 e. The zero-order valence-corrected chi connectivity index (χ0v) is 11.2. The van der Waals surface area contributed by atoms with Crippen LogP contribution in [-0.2, 0) is 11.3 Å². The molecule has 0 saturated carbocycles. The number of H-pyrrole nitrogens is 1. The number of carbonyl (C=O) groups is 1. The summed E-state index contributed by atoms with van der Waals surface area (Å²) in [5.41, 5.74) is 1.55. The third-order valence-electron chi connectivity index (χ3n) is 3.69. The van der Waals surface area contributed by atoms with Gasteiger partial charge in [0.2, 0.25) is 5.91 Å². The van der Waals surface area contributed by atoms with Gasteiger partial charge in [-0.15, -0.1) is 0 Å². The number of benzene rings is 1. The topological polar surface area (TPSA) is 78.9 Å². The summed E-state index contributed by atoms with van der Waals surface area (Å²) in [7, 11) is 0. The Morgan fingerprint density at radius 3 is 3.05 bits per heavy atom. The molecule has 6 nitrogen and oxygen atoms in total. The fraction of sp³-hybridized carbons (Fsp3) is 0.429. The van der Waals surface area contributed by atoms with Crippen LogP contribution in [0.15, 0.2) is 29.1 Å². The molecule has 0 radical (unpaired) electrons. The molecule has 0 aliphatic carbocycles. The molecule has 1 amide bonds. The quantitative estimate of drug-likeness (QED) is 0.745. The van der Waals surface area contributed by atoms with Gasteiger partial charge in [-0.2, -0.15) is 0 Å². The predicted molar refractivity (Wildman–Crippen MR) is 76.6 cm³/mol. The summed E-state index contributed by atoms with van der Waals surface area (Å²) in [6, 6.07) is 7.47. The van der Waals surface area contributed by atoms with Crippen molar-refractivity contribution in [2.45, 2.75) is 25.4 Å². The van der Waals surface area contributed by atoms with Crippen LogP contribution >= 0.6 is 0 Å². The van der Waals surface area contributed by atoms with E-state index >= 15 is 0 Å². The van der Waals surface area contributed by atoms with Gasteiger partial charge in [0.25, 0.3) is 0 Å². The Balaban J connectivity index is 1.64. The van der Waals surface area contributed by atoms with Crippen molar-refractivity contribution in [1.82, 2.24) is 20.2 Å². The second-order valence-corrected chi connectivity index (χ2v) is 5.04. The Hall–Kier alpha value is -2.08. The number of aromatic amines is 1. The van der Waals surface area contributed by atoms with Gasteiger partial charge in [0.15, 0.2) is 0 Å². The van der Waals surface area contributed by atoms with Crippen molar-refractivity contribution in [1.29, 1.82) is 0 Å². The van der Waals surface area contributed by atoms with Gasteiger partial charge in [-0.25, -0.2) is 4.79 Å². The van der Waals surface area contributed by atoms with E-state index < -0.39 is 0 Å². The highest BCUT2D eigenvalue weighted by atomic mass is 16.2. The van der Waals surface area contributed by atoms with E-state index in [0.717, 1.165) is 30.4 Å². The molecule has 106 valence electrons. The normalized spacial score (nSPS) is 18.5. The molecule has 1 unspecified atom stereocenters. The summed E-state index contributed by atoms with van der Waals surface area (Å²) in [5, 5.41) is 6.03. The van der Waals surface area contributed by atoms with Crippen LogP contribution in [0.1, 0.15) is 12.8 Å². The summed E-state index contributed by atoms with van der Waals surface area (Å²) in [6.45, 7) is 1.83. The standard InChI is InChI=1S/C14H18N4O2/c19-13(11-5-3-7-15-11)16-8-9-18-12-6-2-1-4-10(12)17-14(18)20/h1-2,4,6,11,15H,3,5,7-9H2,(H,16,19)(H,17,20). The molecule has 1 aromatic heterocycles. The SMILES string of the molecule is O=C(NCCn1c(=O)[nH]c2ccccc21)C1CCCN1. The Morgan fingerprint density at radius 1 is 1.40 bits per heavy atom.